The number of hydrogen-bond donors (Lipinski definition) is 3. The van der Waals surface area contributed by atoms with Crippen molar-refractivity contribution in [1.82, 2.24) is 20.5 Å². The van der Waals surface area contributed by atoms with Gasteiger partial charge < -0.3 is 15.4 Å². The molecule has 7 nitrogen and oxygen atoms in total. The first-order valence-electron chi connectivity index (χ1n) is 7.07. The smallest absolute Gasteiger partial charge is 0.319 e. The van der Waals surface area contributed by atoms with Crippen molar-refractivity contribution in [2.45, 2.75) is 19.0 Å². The minimum atomic E-state index is -0.294. The lowest BCUT2D eigenvalue weighted by Gasteiger charge is -2.10. The van der Waals surface area contributed by atoms with E-state index in [-0.39, 0.29) is 6.03 Å². The van der Waals surface area contributed by atoms with Crippen molar-refractivity contribution in [3.8, 4) is 5.75 Å². The average Bonchev–Trinajstić information content (AvgIpc) is 2.92. The molecule has 2 amide bonds. The van der Waals surface area contributed by atoms with Crippen LogP contribution in [0.5, 0.6) is 5.75 Å². The van der Waals surface area contributed by atoms with Crippen molar-refractivity contribution in [1.29, 1.82) is 0 Å². The molecule has 2 rings (SSSR count). The number of aromatic nitrogens is 3. The van der Waals surface area contributed by atoms with E-state index in [0.717, 1.165) is 5.82 Å². The van der Waals surface area contributed by atoms with Gasteiger partial charge in [-0.15, -0.1) is 5.10 Å². The summed E-state index contributed by atoms with van der Waals surface area (Å²) in [4.78, 5) is 16.0. The Morgan fingerprint density at radius 2 is 2.30 bits per heavy atom. The Labute approximate surface area is 143 Å². The standard InChI is InChI=1S/C14H18ClN5O2S/c1-3-22-12-5-4-10(8-11(12)15)18-13(21)16-6-7-23-14-17-9(2)19-20-14/h4-5,8H,3,6-7H2,1-2H3,(H2,16,18,21)(H,17,19,20). The number of carbonyl (C=O) groups excluding carboxylic acids is 1. The molecule has 0 saturated heterocycles. The Kier molecular flexibility index (Phi) is 6.54. The fraction of sp³-hybridized carbons (Fsp3) is 0.357. The van der Waals surface area contributed by atoms with E-state index in [9.17, 15) is 4.79 Å². The molecule has 0 aliphatic rings. The number of aromatic amines is 1. The topological polar surface area (TPSA) is 91.9 Å². The van der Waals surface area contributed by atoms with Gasteiger partial charge in [-0.2, -0.15) is 0 Å². The largest absolute Gasteiger partial charge is 0.492 e. The van der Waals surface area contributed by atoms with Crippen molar-refractivity contribution < 1.29 is 9.53 Å². The van der Waals surface area contributed by atoms with Gasteiger partial charge in [-0.1, -0.05) is 23.4 Å². The number of carbonyl (C=O) groups is 1. The van der Waals surface area contributed by atoms with E-state index in [4.69, 9.17) is 16.3 Å². The monoisotopic (exact) mass is 355 g/mol. The van der Waals surface area contributed by atoms with Crippen LogP contribution < -0.4 is 15.4 Å². The highest BCUT2D eigenvalue weighted by Gasteiger charge is 2.06. The van der Waals surface area contributed by atoms with Gasteiger partial charge in [0.2, 0.25) is 5.16 Å². The highest BCUT2D eigenvalue weighted by molar-refractivity contribution is 7.99. The van der Waals surface area contributed by atoms with E-state index in [1.165, 1.54) is 11.8 Å². The quantitative estimate of drug-likeness (QED) is 0.524. The lowest BCUT2D eigenvalue weighted by atomic mass is 10.3. The first-order valence-corrected chi connectivity index (χ1v) is 8.44. The van der Waals surface area contributed by atoms with Crippen LogP contribution in [0.15, 0.2) is 23.4 Å². The Balaban J connectivity index is 1.73. The number of aryl methyl sites for hydroxylation is 1. The summed E-state index contributed by atoms with van der Waals surface area (Å²) in [6.07, 6.45) is 0. The molecule has 9 heteroatoms. The summed E-state index contributed by atoms with van der Waals surface area (Å²) in [6, 6.07) is 4.82. The summed E-state index contributed by atoms with van der Waals surface area (Å²) in [5.74, 6) is 2.04. The number of thioether (sulfide) groups is 1. The highest BCUT2D eigenvalue weighted by atomic mass is 35.5. The summed E-state index contributed by atoms with van der Waals surface area (Å²) < 4.78 is 5.34. The maximum absolute atomic E-state index is 11.8. The van der Waals surface area contributed by atoms with E-state index < -0.39 is 0 Å². The van der Waals surface area contributed by atoms with Crippen LogP contribution in [0.3, 0.4) is 0 Å². The number of amides is 2. The van der Waals surface area contributed by atoms with Gasteiger partial charge in [-0.05, 0) is 32.0 Å². The first kappa shape index (κ1) is 17.4. The van der Waals surface area contributed by atoms with Crippen molar-refractivity contribution in [2.24, 2.45) is 0 Å². The average molecular weight is 356 g/mol. The molecule has 1 aromatic carbocycles. The number of ether oxygens (including phenoxy) is 1. The third-order valence-corrected chi connectivity index (χ3v) is 3.83. The normalized spacial score (nSPS) is 10.4. The zero-order valence-corrected chi connectivity index (χ0v) is 14.4. The molecule has 0 unspecified atom stereocenters. The number of nitrogens with one attached hydrogen (secondary N) is 3. The number of urea groups is 1. The number of hydrogen-bond acceptors (Lipinski definition) is 5. The van der Waals surface area contributed by atoms with Crippen molar-refractivity contribution in [2.75, 3.05) is 24.2 Å². The Morgan fingerprint density at radius 1 is 1.48 bits per heavy atom. The number of H-pyrrole nitrogens is 1. The summed E-state index contributed by atoms with van der Waals surface area (Å²) >= 11 is 7.54. The van der Waals surface area contributed by atoms with Gasteiger partial charge >= 0.3 is 6.03 Å². The van der Waals surface area contributed by atoms with Crippen LogP contribution in [0.25, 0.3) is 0 Å². The predicted octanol–water partition coefficient (Wildman–Crippen LogP) is 3.08. The van der Waals surface area contributed by atoms with Crippen LogP contribution in [-0.2, 0) is 0 Å². The van der Waals surface area contributed by atoms with Crippen LogP contribution >= 0.6 is 23.4 Å². The maximum atomic E-state index is 11.8. The number of rotatable bonds is 7. The second kappa shape index (κ2) is 8.64. The van der Waals surface area contributed by atoms with Crippen molar-refractivity contribution in [3.63, 3.8) is 0 Å². The van der Waals surface area contributed by atoms with Gasteiger partial charge in [0.25, 0.3) is 0 Å². The fourth-order valence-electron chi connectivity index (χ4n) is 1.72. The van der Waals surface area contributed by atoms with E-state index >= 15 is 0 Å². The van der Waals surface area contributed by atoms with Crippen LogP contribution in [0.2, 0.25) is 5.02 Å². The molecule has 1 heterocycles. The number of benzene rings is 1. The molecule has 2 aromatic rings. The Hall–Kier alpha value is -1.93. The number of halogens is 1. The molecule has 0 aliphatic carbocycles. The molecule has 3 N–H and O–H groups in total. The third kappa shape index (κ3) is 5.65. The molecule has 0 bridgehead atoms. The highest BCUT2D eigenvalue weighted by Crippen LogP contribution is 2.27. The molecule has 23 heavy (non-hydrogen) atoms. The molecule has 124 valence electrons. The van der Waals surface area contributed by atoms with E-state index in [0.29, 0.717) is 40.5 Å². The SMILES string of the molecule is CCOc1ccc(NC(=O)NCCSc2n[nH]c(C)n2)cc1Cl. The van der Waals surface area contributed by atoms with Gasteiger partial charge in [0.1, 0.15) is 11.6 Å². The first-order chi connectivity index (χ1) is 11.1. The van der Waals surface area contributed by atoms with Gasteiger partial charge in [0, 0.05) is 18.0 Å². The van der Waals surface area contributed by atoms with Crippen LogP contribution in [0.1, 0.15) is 12.7 Å². The van der Waals surface area contributed by atoms with Crippen molar-refractivity contribution in [3.05, 3.63) is 29.0 Å². The third-order valence-electron chi connectivity index (χ3n) is 2.69. The second-order valence-electron chi connectivity index (χ2n) is 4.51. The zero-order valence-electron chi connectivity index (χ0n) is 12.9. The van der Waals surface area contributed by atoms with Crippen LogP contribution in [0, 0.1) is 6.92 Å². The maximum Gasteiger partial charge on any atom is 0.319 e. The minimum Gasteiger partial charge on any atom is -0.492 e. The summed E-state index contributed by atoms with van der Waals surface area (Å²) in [5, 5.41) is 13.4. The summed E-state index contributed by atoms with van der Waals surface area (Å²) in [6.45, 7) is 4.75. The van der Waals surface area contributed by atoms with Gasteiger partial charge in [-0.25, -0.2) is 9.78 Å². The Morgan fingerprint density at radius 3 is 2.96 bits per heavy atom. The molecular weight excluding hydrogens is 338 g/mol. The zero-order chi connectivity index (χ0) is 16.7. The lowest BCUT2D eigenvalue weighted by molar-refractivity contribution is 0.252. The molecule has 0 spiro atoms. The van der Waals surface area contributed by atoms with Gasteiger partial charge in [-0.3, -0.25) is 5.10 Å². The molecule has 0 radical (unpaired) electrons. The number of nitrogens with zero attached hydrogens (tertiary/aromatic N) is 2. The Bertz CT molecular complexity index is 664. The van der Waals surface area contributed by atoms with E-state index in [1.807, 2.05) is 13.8 Å². The fourth-order valence-corrected chi connectivity index (χ4v) is 2.65. The predicted molar refractivity (Wildman–Crippen MR) is 91.5 cm³/mol. The molecule has 0 saturated carbocycles. The van der Waals surface area contributed by atoms with E-state index in [2.05, 4.69) is 25.8 Å². The lowest BCUT2D eigenvalue weighted by Crippen LogP contribution is -2.30. The van der Waals surface area contributed by atoms with Gasteiger partial charge in [0.15, 0.2) is 0 Å². The van der Waals surface area contributed by atoms with Crippen LogP contribution in [0.4, 0.5) is 10.5 Å². The number of anilines is 1. The van der Waals surface area contributed by atoms with Crippen LogP contribution in [-0.4, -0.2) is 40.1 Å². The van der Waals surface area contributed by atoms with E-state index in [1.54, 1.807) is 18.2 Å². The van der Waals surface area contributed by atoms with Gasteiger partial charge in [0.05, 0.1) is 11.6 Å². The molecule has 0 aliphatic heterocycles. The molecule has 0 fully saturated rings. The summed E-state index contributed by atoms with van der Waals surface area (Å²) in [7, 11) is 0. The molecular formula is C14H18ClN5O2S. The van der Waals surface area contributed by atoms with Crippen molar-refractivity contribution >= 4 is 35.1 Å². The minimum absolute atomic E-state index is 0.294. The summed E-state index contributed by atoms with van der Waals surface area (Å²) in [5.41, 5.74) is 0.605. The second-order valence-corrected chi connectivity index (χ2v) is 5.98. The molecule has 1 aromatic heterocycles. The molecule has 0 atom stereocenters.